The van der Waals surface area contributed by atoms with E-state index in [1.165, 1.54) is 44.5 Å². The first-order chi connectivity index (χ1) is 10.2. The number of nitro groups is 1. The van der Waals surface area contributed by atoms with Gasteiger partial charge in [-0.15, -0.1) is 0 Å². The van der Waals surface area contributed by atoms with Crippen molar-refractivity contribution >= 4 is 11.6 Å². The molecule has 1 saturated carbocycles. The molecule has 1 fully saturated rings. The fraction of sp³-hybridized carbons (Fsp3) is 0.714. The number of nitrogens with one attached hydrogen (secondary N) is 1. The summed E-state index contributed by atoms with van der Waals surface area (Å²) in [4.78, 5) is 20.3. The number of anilines is 1. The first-order valence-corrected chi connectivity index (χ1v) is 7.57. The Balaban J connectivity index is 1.65. The van der Waals surface area contributed by atoms with Crippen LogP contribution in [0.2, 0.25) is 0 Å². The molecular weight excluding hydrogens is 270 g/mol. The largest absolute Gasteiger partial charge is 0.354 e. The lowest BCUT2D eigenvalue weighted by molar-refractivity contribution is -0.385. The molecule has 0 spiro atoms. The minimum absolute atomic E-state index is 0.0856. The van der Waals surface area contributed by atoms with E-state index in [1.54, 1.807) is 0 Å². The van der Waals surface area contributed by atoms with Crippen molar-refractivity contribution in [3.63, 3.8) is 0 Å². The zero-order valence-corrected chi connectivity index (χ0v) is 12.5. The van der Waals surface area contributed by atoms with E-state index in [0.717, 1.165) is 25.6 Å². The van der Waals surface area contributed by atoms with Gasteiger partial charge in [-0.2, -0.15) is 0 Å². The Hall–Kier alpha value is -1.76. The third-order valence-electron chi connectivity index (χ3n) is 4.02. The van der Waals surface area contributed by atoms with E-state index in [2.05, 4.69) is 27.2 Å². The van der Waals surface area contributed by atoms with Crippen LogP contribution in [0.1, 0.15) is 38.5 Å². The van der Waals surface area contributed by atoms with E-state index in [4.69, 9.17) is 0 Å². The smallest absolute Gasteiger partial charge is 0.305 e. The monoisotopic (exact) mass is 293 g/mol. The van der Waals surface area contributed by atoms with Gasteiger partial charge in [-0.25, -0.2) is 9.97 Å². The predicted molar refractivity (Wildman–Crippen MR) is 81.3 cm³/mol. The van der Waals surface area contributed by atoms with Crippen molar-refractivity contribution in [3.05, 3.63) is 22.5 Å². The maximum atomic E-state index is 10.5. The predicted octanol–water partition coefficient (Wildman–Crippen LogP) is 2.45. The van der Waals surface area contributed by atoms with E-state index in [-0.39, 0.29) is 5.69 Å². The zero-order chi connectivity index (χ0) is 15.1. The Morgan fingerprint density at radius 3 is 2.62 bits per heavy atom. The molecule has 21 heavy (non-hydrogen) atoms. The van der Waals surface area contributed by atoms with Crippen LogP contribution in [0.25, 0.3) is 0 Å². The SMILES string of the molecule is CN(CCCNc1ncc([N+](=O)[O-])cn1)C1CCCCC1. The molecule has 0 atom stereocenters. The molecule has 1 N–H and O–H groups in total. The minimum atomic E-state index is -0.497. The Morgan fingerprint density at radius 2 is 2.00 bits per heavy atom. The van der Waals surface area contributed by atoms with Crippen molar-refractivity contribution in [1.82, 2.24) is 14.9 Å². The van der Waals surface area contributed by atoms with Crippen molar-refractivity contribution in [3.8, 4) is 0 Å². The van der Waals surface area contributed by atoms with Crippen molar-refractivity contribution in [2.45, 2.75) is 44.6 Å². The average molecular weight is 293 g/mol. The van der Waals surface area contributed by atoms with Crippen LogP contribution in [-0.2, 0) is 0 Å². The van der Waals surface area contributed by atoms with E-state index in [0.29, 0.717) is 5.95 Å². The van der Waals surface area contributed by atoms with Gasteiger partial charge >= 0.3 is 5.69 Å². The van der Waals surface area contributed by atoms with E-state index in [1.807, 2.05) is 0 Å². The first kappa shape index (κ1) is 15.6. The van der Waals surface area contributed by atoms with Gasteiger partial charge in [0, 0.05) is 12.6 Å². The molecule has 1 aliphatic carbocycles. The molecule has 0 unspecified atom stereocenters. The second kappa shape index (κ2) is 7.87. The maximum absolute atomic E-state index is 10.5. The topological polar surface area (TPSA) is 84.2 Å². The van der Waals surface area contributed by atoms with Crippen LogP contribution in [0.3, 0.4) is 0 Å². The molecule has 7 nitrogen and oxygen atoms in total. The fourth-order valence-electron chi connectivity index (χ4n) is 2.74. The van der Waals surface area contributed by atoms with Gasteiger partial charge in [0.1, 0.15) is 12.4 Å². The number of hydrogen-bond donors (Lipinski definition) is 1. The Bertz CT molecular complexity index is 445. The Morgan fingerprint density at radius 1 is 1.33 bits per heavy atom. The molecule has 0 saturated heterocycles. The average Bonchev–Trinajstić information content (AvgIpc) is 2.52. The molecule has 0 aliphatic heterocycles. The third kappa shape index (κ3) is 4.93. The highest BCUT2D eigenvalue weighted by Gasteiger charge is 2.17. The molecule has 2 rings (SSSR count). The van der Waals surface area contributed by atoms with Gasteiger partial charge in [0.15, 0.2) is 0 Å². The molecule has 0 amide bonds. The summed E-state index contributed by atoms with van der Waals surface area (Å²) in [7, 11) is 2.19. The van der Waals surface area contributed by atoms with Crippen LogP contribution in [0.5, 0.6) is 0 Å². The molecule has 0 radical (unpaired) electrons. The van der Waals surface area contributed by atoms with E-state index < -0.39 is 4.92 Å². The standard InChI is InChI=1S/C14H23N5O2/c1-18(12-6-3-2-4-7-12)9-5-8-15-14-16-10-13(11-17-14)19(20)21/h10-12H,2-9H2,1H3,(H,15,16,17). The Labute approximate surface area is 124 Å². The molecule has 116 valence electrons. The summed E-state index contributed by atoms with van der Waals surface area (Å²) in [5.74, 6) is 0.445. The summed E-state index contributed by atoms with van der Waals surface area (Å²) in [5, 5.41) is 13.6. The van der Waals surface area contributed by atoms with Crippen molar-refractivity contribution in [1.29, 1.82) is 0 Å². The van der Waals surface area contributed by atoms with E-state index in [9.17, 15) is 10.1 Å². The second-order valence-corrected chi connectivity index (χ2v) is 5.57. The summed E-state index contributed by atoms with van der Waals surface area (Å²) in [5.41, 5.74) is -0.0856. The molecule has 1 aromatic rings. The lowest BCUT2D eigenvalue weighted by Gasteiger charge is -2.31. The lowest BCUT2D eigenvalue weighted by Crippen LogP contribution is -2.34. The number of rotatable bonds is 7. The highest BCUT2D eigenvalue weighted by molar-refractivity contribution is 5.30. The summed E-state index contributed by atoms with van der Waals surface area (Å²) in [6, 6.07) is 0.731. The molecule has 0 bridgehead atoms. The van der Waals surface area contributed by atoms with Gasteiger partial charge in [0.2, 0.25) is 5.95 Å². The van der Waals surface area contributed by atoms with Crippen molar-refractivity contribution < 1.29 is 4.92 Å². The van der Waals surface area contributed by atoms with Crippen molar-refractivity contribution in [2.24, 2.45) is 0 Å². The van der Waals surface area contributed by atoms with Gasteiger partial charge in [0.05, 0.1) is 4.92 Å². The summed E-state index contributed by atoms with van der Waals surface area (Å²) in [6.45, 7) is 1.82. The summed E-state index contributed by atoms with van der Waals surface area (Å²) >= 11 is 0. The highest BCUT2D eigenvalue weighted by Crippen LogP contribution is 2.21. The molecule has 1 heterocycles. The maximum Gasteiger partial charge on any atom is 0.305 e. The number of hydrogen-bond acceptors (Lipinski definition) is 6. The Kier molecular flexibility index (Phi) is 5.86. The van der Waals surface area contributed by atoms with E-state index >= 15 is 0 Å². The number of nitrogens with zero attached hydrogens (tertiary/aromatic N) is 4. The van der Waals surface area contributed by atoms with Crippen LogP contribution in [0.4, 0.5) is 11.6 Å². The van der Waals surface area contributed by atoms with Gasteiger partial charge in [0.25, 0.3) is 0 Å². The van der Waals surface area contributed by atoms with Gasteiger partial charge < -0.3 is 10.2 Å². The normalized spacial score (nSPS) is 16.1. The molecule has 7 heteroatoms. The number of aromatic nitrogens is 2. The zero-order valence-electron chi connectivity index (χ0n) is 12.5. The van der Waals surface area contributed by atoms with Crippen LogP contribution >= 0.6 is 0 Å². The van der Waals surface area contributed by atoms with Crippen molar-refractivity contribution in [2.75, 3.05) is 25.5 Å². The molecular formula is C14H23N5O2. The molecule has 0 aromatic carbocycles. The van der Waals surface area contributed by atoms with Crippen LogP contribution in [0, 0.1) is 10.1 Å². The lowest BCUT2D eigenvalue weighted by atomic mass is 9.94. The highest BCUT2D eigenvalue weighted by atomic mass is 16.6. The van der Waals surface area contributed by atoms with Gasteiger partial charge in [-0.1, -0.05) is 19.3 Å². The van der Waals surface area contributed by atoms with Gasteiger partial charge in [-0.05, 0) is 32.9 Å². The third-order valence-corrected chi connectivity index (χ3v) is 4.02. The quantitative estimate of drug-likeness (QED) is 0.472. The molecule has 1 aliphatic rings. The van der Waals surface area contributed by atoms with Crippen LogP contribution < -0.4 is 5.32 Å². The summed E-state index contributed by atoms with van der Waals surface area (Å²) < 4.78 is 0. The summed E-state index contributed by atoms with van der Waals surface area (Å²) in [6.07, 6.45) is 10.2. The van der Waals surface area contributed by atoms with Gasteiger partial charge in [-0.3, -0.25) is 10.1 Å². The first-order valence-electron chi connectivity index (χ1n) is 7.57. The second-order valence-electron chi connectivity index (χ2n) is 5.57. The fourth-order valence-corrected chi connectivity index (χ4v) is 2.74. The minimum Gasteiger partial charge on any atom is -0.354 e. The van der Waals surface area contributed by atoms with Crippen LogP contribution in [-0.4, -0.2) is 46.0 Å². The van der Waals surface area contributed by atoms with Crippen LogP contribution in [0.15, 0.2) is 12.4 Å². The molecule has 1 aromatic heterocycles.